The lowest BCUT2D eigenvalue weighted by Crippen LogP contribution is -2.09. The zero-order valence-electron chi connectivity index (χ0n) is 9.98. The van der Waals surface area contributed by atoms with Crippen LogP contribution in [-0.2, 0) is 0 Å². The van der Waals surface area contributed by atoms with Crippen LogP contribution < -0.4 is 5.73 Å². The van der Waals surface area contributed by atoms with E-state index < -0.39 is 0 Å². The highest BCUT2D eigenvalue weighted by atomic mass is 16.5. The summed E-state index contributed by atoms with van der Waals surface area (Å²) in [5.74, 6) is 1.96. The zero-order valence-corrected chi connectivity index (χ0v) is 9.98. The summed E-state index contributed by atoms with van der Waals surface area (Å²) in [6, 6.07) is -0.105. The highest BCUT2D eigenvalue weighted by Crippen LogP contribution is 2.30. The first-order chi connectivity index (χ1) is 7.81. The number of hydrogen-bond acceptors (Lipinski definition) is 4. The van der Waals surface area contributed by atoms with Gasteiger partial charge < -0.3 is 10.3 Å². The van der Waals surface area contributed by atoms with Crippen molar-refractivity contribution in [3.8, 4) is 0 Å². The minimum Gasteiger partial charge on any atom is -0.338 e. The van der Waals surface area contributed by atoms with Crippen molar-refractivity contribution in [1.29, 1.82) is 0 Å². The second-order valence-electron chi connectivity index (χ2n) is 4.69. The fraction of sp³-hybridized carbons (Fsp3) is 0.833. The average molecular weight is 223 g/mol. The molecule has 0 amide bonds. The smallest absolute Gasteiger partial charge is 0.243 e. The largest absolute Gasteiger partial charge is 0.338 e. The molecule has 2 rings (SSSR count). The van der Waals surface area contributed by atoms with Gasteiger partial charge in [0.2, 0.25) is 5.89 Å². The molecule has 4 nitrogen and oxygen atoms in total. The van der Waals surface area contributed by atoms with E-state index in [9.17, 15) is 0 Å². The van der Waals surface area contributed by atoms with Gasteiger partial charge in [-0.15, -0.1) is 0 Å². The molecule has 1 fully saturated rings. The molecule has 1 atom stereocenters. The van der Waals surface area contributed by atoms with Crippen LogP contribution >= 0.6 is 0 Å². The van der Waals surface area contributed by atoms with Crippen molar-refractivity contribution in [2.45, 2.75) is 63.8 Å². The van der Waals surface area contributed by atoms with E-state index in [0.717, 1.165) is 12.2 Å². The van der Waals surface area contributed by atoms with Crippen molar-refractivity contribution in [2.75, 3.05) is 0 Å². The molecule has 0 unspecified atom stereocenters. The summed E-state index contributed by atoms with van der Waals surface area (Å²) < 4.78 is 5.23. The minimum absolute atomic E-state index is 0.105. The van der Waals surface area contributed by atoms with Gasteiger partial charge in [0.15, 0.2) is 5.82 Å². The molecule has 1 aliphatic carbocycles. The highest BCUT2D eigenvalue weighted by molar-refractivity contribution is 4.98. The maximum absolute atomic E-state index is 5.87. The molecule has 4 heteroatoms. The Morgan fingerprint density at radius 2 is 2.00 bits per heavy atom. The van der Waals surface area contributed by atoms with Crippen molar-refractivity contribution >= 4 is 0 Å². The maximum Gasteiger partial charge on any atom is 0.243 e. The van der Waals surface area contributed by atoms with Crippen molar-refractivity contribution < 1.29 is 4.52 Å². The summed E-state index contributed by atoms with van der Waals surface area (Å²) in [5, 5.41) is 4.08. The Morgan fingerprint density at radius 3 is 2.62 bits per heavy atom. The second-order valence-corrected chi connectivity index (χ2v) is 4.69. The number of nitrogens with two attached hydrogens (primary N) is 1. The van der Waals surface area contributed by atoms with Crippen LogP contribution in [0.5, 0.6) is 0 Å². The van der Waals surface area contributed by atoms with E-state index in [-0.39, 0.29) is 6.04 Å². The number of rotatable bonds is 3. The Hall–Kier alpha value is -0.900. The Morgan fingerprint density at radius 1 is 1.31 bits per heavy atom. The molecule has 1 aromatic rings. The average Bonchev–Trinajstić information content (AvgIpc) is 2.64. The maximum atomic E-state index is 5.87. The SMILES string of the molecule is CC[C@@H](N)c1nc(C2CCCCCC2)no1. The van der Waals surface area contributed by atoms with Crippen LogP contribution in [0, 0.1) is 0 Å². The van der Waals surface area contributed by atoms with Crippen LogP contribution in [-0.4, -0.2) is 10.1 Å². The molecule has 0 spiro atoms. The molecule has 2 N–H and O–H groups in total. The van der Waals surface area contributed by atoms with Gasteiger partial charge in [-0.05, 0) is 19.3 Å². The molecule has 1 aliphatic rings. The van der Waals surface area contributed by atoms with Crippen LogP contribution in [0.25, 0.3) is 0 Å². The van der Waals surface area contributed by atoms with Gasteiger partial charge in [-0.25, -0.2) is 0 Å². The lowest BCUT2D eigenvalue weighted by Gasteiger charge is -2.07. The fourth-order valence-electron chi connectivity index (χ4n) is 2.28. The summed E-state index contributed by atoms with van der Waals surface area (Å²) in [6.07, 6.45) is 8.49. The topological polar surface area (TPSA) is 64.9 Å². The van der Waals surface area contributed by atoms with Crippen LogP contribution in [0.4, 0.5) is 0 Å². The molecule has 0 aliphatic heterocycles. The van der Waals surface area contributed by atoms with E-state index in [1.165, 1.54) is 38.5 Å². The third kappa shape index (κ3) is 2.61. The molecule has 1 aromatic heterocycles. The quantitative estimate of drug-likeness (QED) is 0.800. The van der Waals surface area contributed by atoms with Crippen molar-refractivity contribution in [3.63, 3.8) is 0 Å². The van der Waals surface area contributed by atoms with E-state index in [1.54, 1.807) is 0 Å². The lowest BCUT2D eigenvalue weighted by atomic mass is 10.00. The first kappa shape index (κ1) is 11.6. The number of aromatic nitrogens is 2. The lowest BCUT2D eigenvalue weighted by molar-refractivity contribution is 0.344. The third-order valence-corrected chi connectivity index (χ3v) is 3.43. The predicted molar refractivity (Wildman–Crippen MR) is 62.0 cm³/mol. The fourth-order valence-corrected chi connectivity index (χ4v) is 2.28. The third-order valence-electron chi connectivity index (χ3n) is 3.43. The van der Waals surface area contributed by atoms with Gasteiger partial charge >= 0.3 is 0 Å². The summed E-state index contributed by atoms with van der Waals surface area (Å²) in [5.41, 5.74) is 5.87. The first-order valence-electron chi connectivity index (χ1n) is 6.40. The highest BCUT2D eigenvalue weighted by Gasteiger charge is 2.21. The van der Waals surface area contributed by atoms with Gasteiger partial charge in [0.05, 0.1) is 6.04 Å². The van der Waals surface area contributed by atoms with Gasteiger partial charge in [0.25, 0.3) is 0 Å². The van der Waals surface area contributed by atoms with E-state index in [4.69, 9.17) is 10.3 Å². The predicted octanol–water partition coefficient (Wildman–Crippen LogP) is 2.92. The van der Waals surface area contributed by atoms with Crippen LogP contribution in [0.2, 0.25) is 0 Å². The van der Waals surface area contributed by atoms with Crippen molar-refractivity contribution in [3.05, 3.63) is 11.7 Å². The molecule has 1 heterocycles. The Labute approximate surface area is 96.6 Å². The summed E-state index contributed by atoms with van der Waals surface area (Å²) >= 11 is 0. The normalized spacial score (nSPS) is 20.6. The van der Waals surface area contributed by atoms with E-state index in [1.807, 2.05) is 6.92 Å². The van der Waals surface area contributed by atoms with Crippen LogP contribution in [0.1, 0.15) is 75.5 Å². The van der Waals surface area contributed by atoms with Gasteiger partial charge in [-0.2, -0.15) is 4.98 Å². The van der Waals surface area contributed by atoms with E-state index in [2.05, 4.69) is 10.1 Å². The van der Waals surface area contributed by atoms with E-state index in [0.29, 0.717) is 11.8 Å². The summed E-state index contributed by atoms with van der Waals surface area (Å²) in [7, 11) is 0. The molecule has 16 heavy (non-hydrogen) atoms. The Balaban J connectivity index is 2.05. The van der Waals surface area contributed by atoms with Gasteiger partial charge in [-0.1, -0.05) is 37.8 Å². The van der Waals surface area contributed by atoms with E-state index >= 15 is 0 Å². The first-order valence-corrected chi connectivity index (χ1v) is 6.40. The van der Waals surface area contributed by atoms with Crippen molar-refractivity contribution in [1.82, 2.24) is 10.1 Å². The number of hydrogen-bond donors (Lipinski definition) is 1. The summed E-state index contributed by atoms with van der Waals surface area (Å²) in [4.78, 5) is 4.44. The van der Waals surface area contributed by atoms with Gasteiger partial charge in [-0.3, -0.25) is 0 Å². The van der Waals surface area contributed by atoms with Gasteiger partial charge in [0, 0.05) is 5.92 Å². The number of nitrogens with zero attached hydrogens (tertiary/aromatic N) is 2. The molecule has 0 aromatic carbocycles. The monoisotopic (exact) mass is 223 g/mol. The molecule has 0 saturated heterocycles. The summed E-state index contributed by atoms with van der Waals surface area (Å²) in [6.45, 7) is 2.03. The molecule has 90 valence electrons. The molecular weight excluding hydrogens is 202 g/mol. The molecular formula is C12H21N3O. The molecule has 0 radical (unpaired) electrons. The zero-order chi connectivity index (χ0) is 11.4. The van der Waals surface area contributed by atoms with Gasteiger partial charge in [0.1, 0.15) is 0 Å². The van der Waals surface area contributed by atoms with Crippen LogP contribution in [0.3, 0.4) is 0 Å². The molecule has 1 saturated carbocycles. The minimum atomic E-state index is -0.105. The molecule has 0 bridgehead atoms. The Kier molecular flexibility index (Phi) is 3.93. The van der Waals surface area contributed by atoms with Crippen LogP contribution in [0.15, 0.2) is 4.52 Å². The van der Waals surface area contributed by atoms with Crippen molar-refractivity contribution in [2.24, 2.45) is 5.73 Å². The Bertz CT molecular complexity index is 316. The standard InChI is InChI=1S/C12H21N3O/c1-2-10(13)12-14-11(15-16-12)9-7-5-3-4-6-8-9/h9-10H,2-8,13H2,1H3/t10-/m1/s1. The second kappa shape index (κ2) is 5.43.